The minimum atomic E-state index is 0.0397. The Balaban J connectivity index is 1.77. The summed E-state index contributed by atoms with van der Waals surface area (Å²) in [6.45, 7) is 4.23. The van der Waals surface area contributed by atoms with Crippen LogP contribution in [0.2, 0.25) is 0 Å². The van der Waals surface area contributed by atoms with Crippen LogP contribution in [0.25, 0.3) is 10.8 Å². The third kappa shape index (κ3) is 3.08. The minimum absolute atomic E-state index is 0.0397. The minimum Gasteiger partial charge on any atom is -0.349 e. The highest BCUT2D eigenvalue weighted by Crippen LogP contribution is 2.20. The molecule has 3 rings (SSSR count). The quantitative estimate of drug-likeness (QED) is 0.908. The summed E-state index contributed by atoms with van der Waals surface area (Å²) in [6.07, 6.45) is 2.27. The Bertz CT molecular complexity index is 627. The zero-order valence-electron chi connectivity index (χ0n) is 12.4. The Morgan fingerprint density at radius 3 is 2.67 bits per heavy atom. The van der Waals surface area contributed by atoms with Crippen molar-refractivity contribution in [1.82, 2.24) is 10.6 Å². The number of benzene rings is 2. The van der Waals surface area contributed by atoms with Crippen molar-refractivity contribution < 1.29 is 4.79 Å². The van der Waals surface area contributed by atoms with Gasteiger partial charge in [-0.1, -0.05) is 36.4 Å². The summed E-state index contributed by atoms with van der Waals surface area (Å²) in [6, 6.07) is 14.2. The van der Waals surface area contributed by atoms with E-state index in [-0.39, 0.29) is 11.9 Å². The number of carbonyl (C=O) groups is 1. The van der Waals surface area contributed by atoms with Crippen molar-refractivity contribution in [1.29, 1.82) is 0 Å². The first kappa shape index (κ1) is 14.1. The van der Waals surface area contributed by atoms with Gasteiger partial charge in [-0.2, -0.15) is 0 Å². The lowest BCUT2D eigenvalue weighted by atomic mass is 9.91. The standard InChI is InChI=1S/C18H22N2O/c1-13(14-9-11-19-12-10-14)20-18(21)17-8-4-6-15-5-2-3-7-16(15)17/h2-8,13-14,19H,9-12H2,1H3,(H,20,21). The molecule has 1 atom stereocenters. The lowest BCUT2D eigenvalue weighted by Gasteiger charge is -2.29. The van der Waals surface area contributed by atoms with Gasteiger partial charge in [-0.15, -0.1) is 0 Å². The van der Waals surface area contributed by atoms with Crippen molar-refractivity contribution in [3.05, 3.63) is 48.0 Å². The maximum atomic E-state index is 12.6. The first-order valence-electron chi connectivity index (χ1n) is 7.75. The fraction of sp³-hybridized carbons (Fsp3) is 0.389. The number of rotatable bonds is 3. The number of fused-ring (bicyclic) bond motifs is 1. The predicted octanol–water partition coefficient (Wildman–Crippen LogP) is 2.96. The van der Waals surface area contributed by atoms with Crippen LogP contribution in [0.5, 0.6) is 0 Å². The number of hydrogen-bond acceptors (Lipinski definition) is 2. The van der Waals surface area contributed by atoms with Gasteiger partial charge in [0.05, 0.1) is 0 Å². The molecule has 1 unspecified atom stereocenters. The number of amides is 1. The van der Waals surface area contributed by atoms with Crippen molar-refractivity contribution in [2.75, 3.05) is 13.1 Å². The molecule has 1 aliphatic rings. The number of carbonyl (C=O) groups excluding carboxylic acids is 1. The summed E-state index contributed by atoms with van der Waals surface area (Å²) in [4.78, 5) is 12.6. The van der Waals surface area contributed by atoms with E-state index in [0.29, 0.717) is 5.92 Å². The molecular weight excluding hydrogens is 260 g/mol. The SMILES string of the molecule is CC(NC(=O)c1cccc2ccccc12)C1CCNCC1. The van der Waals surface area contributed by atoms with Crippen LogP contribution in [0.4, 0.5) is 0 Å². The summed E-state index contributed by atoms with van der Waals surface area (Å²) in [5, 5.41) is 8.69. The molecule has 2 aromatic carbocycles. The maximum Gasteiger partial charge on any atom is 0.252 e. The van der Waals surface area contributed by atoms with Gasteiger partial charge in [0.2, 0.25) is 0 Å². The van der Waals surface area contributed by atoms with Crippen molar-refractivity contribution in [2.24, 2.45) is 5.92 Å². The van der Waals surface area contributed by atoms with Crippen molar-refractivity contribution in [2.45, 2.75) is 25.8 Å². The van der Waals surface area contributed by atoms with Crippen LogP contribution in [0, 0.1) is 5.92 Å². The summed E-state index contributed by atoms with van der Waals surface area (Å²) >= 11 is 0. The molecule has 21 heavy (non-hydrogen) atoms. The third-order valence-corrected chi connectivity index (χ3v) is 4.48. The highest BCUT2D eigenvalue weighted by Gasteiger charge is 2.22. The topological polar surface area (TPSA) is 41.1 Å². The van der Waals surface area contributed by atoms with E-state index < -0.39 is 0 Å². The number of hydrogen-bond donors (Lipinski definition) is 2. The second kappa shape index (κ2) is 6.27. The van der Waals surface area contributed by atoms with E-state index in [1.165, 1.54) is 0 Å². The zero-order chi connectivity index (χ0) is 14.7. The molecule has 2 aromatic rings. The molecule has 1 heterocycles. The fourth-order valence-corrected chi connectivity index (χ4v) is 3.17. The largest absolute Gasteiger partial charge is 0.349 e. The summed E-state index contributed by atoms with van der Waals surface area (Å²) in [5.41, 5.74) is 0.772. The molecule has 1 saturated heterocycles. The van der Waals surface area contributed by atoms with E-state index in [0.717, 1.165) is 42.3 Å². The molecule has 2 N–H and O–H groups in total. The summed E-state index contributed by atoms with van der Waals surface area (Å²) in [7, 11) is 0. The normalized spacial score (nSPS) is 17.6. The first-order valence-corrected chi connectivity index (χ1v) is 7.75. The molecule has 3 heteroatoms. The van der Waals surface area contributed by atoms with E-state index in [4.69, 9.17) is 0 Å². The van der Waals surface area contributed by atoms with Crippen LogP contribution in [0.15, 0.2) is 42.5 Å². The molecule has 1 aliphatic heterocycles. The predicted molar refractivity (Wildman–Crippen MR) is 86.5 cm³/mol. The van der Waals surface area contributed by atoms with E-state index in [9.17, 15) is 4.79 Å². The average Bonchev–Trinajstić information content (AvgIpc) is 2.55. The second-order valence-corrected chi connectivity index (χ2v) is 5.88. The Labute approximate surface area is 125 Å². The Kier molecular flexibility index (Phi) is 4.20. The van der Waals surface area contributed by atoms with Crippen LogP contribution >= 0.6 is 0 Å². The van der Waals surface area contributed by atoms with E-state index >= 15 is 0 Å². The van der Waals surface area contributed by atoms with Gasteiger partial charge in [-0.05, 0) is 55.6 Å². The molecule has 0 radical (unpaired) electrons. The van der Waals surface area contributed by atoms with Crippen LogP contribution in [-0.4, -0.2) is 25.0 Å². The zero-order valence-corrected chi connectivity index (χ0v) is 12.4. The monoisotopic (exact) mass is 282 g/mol. The Morgan fingerprint density at radius 1 is 1.14 bits per heavy atom. The van der Waals surface area contributed by atoms with Gasteiger partial charge in [-0.25, -0.2) is 0 Å². The van der Waals surface area contributed by atoms with Gasteiger partial charge in [0.25, 0.3) is 5.91 Å². The second-order valence-electron chi connectivity index (χ2n) is 5.88. The molecule has 1 fully saturated rings. The molecule has 1 amide bonds. The van der Waals surface area contributed by atoms with Crippen LogP contribution in [0.3, 0.4) is 0 Å². The molecule has 110 valence electrons. The smallest absolute Gasteiger partial charge is 0.252 e. The lowest BCUT2D eigenvalue weighted by molar-refractivity contribution is 0.0922. The van der Waals surface area contributed by atoms with Gasteiger partial charge in [0.15, 0.2) is 0 Å². The summed E-state index contributed by atoms with van der Waals surface area (Å²) < 4.78 is 0. The number of nitrogens with one attached hydrogen (secondary N) is 2. The van der Waals surface area contributed by atoms with Crippen LogP contribution in [0.1, 0.15) is 30.1 Å². The highest BCUT2D eigenvalue weighted by atomic mass is 16.1. The van der Waals surface area contributed by atoms with Gasteiger partial charge in [0.1, 0.15) is 0 Å². The molecule has 3 nitrogen and oxygen atoms in total. The number of piperidine rings is 1. The van der Waals surface area contributed by atoms with Crippen LogP contribution < -0.4 is 10.6 Å². The molecular formula is C18H22N2O. The fourth-order valence-electron chi connectivity index (χ4n) is 3.17. The van der Waals surface area contributed by atoms with Gasteiger partial charge in [0, 0.05) is 11.6 Å². The van der Waals surface area contributed by atoms with Crippen molar-refractivity contribution in [3.8, 4) is 0 Å². The van der Waals surface area contributed by atoms with E-state index in [2.05, 4.69) is 17.6 Å². The molecule has 0 aliphatic carbocycles. The van der Waals surface area contributed by atoms with Gasteiger partial charge < -0.3 is 10.6 Å². The molecule has 0 saturated carbocycles. The Morgan fingerprint density at radius 2 is 1.86 bits per heavy atom. The third-order valence-electron chi connectivity index (χ3n) is 4.48. The highest BCUT2D eigenvalue weighted by molar-refractivity contribution is 6.07. The van der Waals surface area contributed by atoms with Crippen molar-refractivity contribution in [3.63, 3.8) is 0 Å². The first-order chi connectivity index (χ1) is 10.3. The average molecular weight is 282 g/mol. The van der Waals surface area contributed by atoms with E-state index in [1.54, 1.807) is 0 Å². The maximum absolute atomic E-state index is 12.6. The molecule has 0 bridgehead atoms. The van der Waals surface area contributed by atoms with Crippen LogP contribution in [-0.2, 0) is 0 Å². The summed E-state index contributed by atoms with van der Waals surface area (Å²) in [5.74, 6) is 0.614. The lowest BCUT2D eigenvalue weighted by Crippen LogP contribution is -2.42. The van der Waals surface area contributed by atoms with Crippen molar-refractivity contribution >= 4 is 16.7 Å². The van der Waals surface area contributed by atoms with Gasteiger partial charge in [-0.3, -0.25) is 4.79 Å². The molecule has 0 aromatic heterocycles. The molecule has 0 spiro atoms. The van der Waals surface area contributed by atoms with E-state index in [1.807, 2.05) is 42.5 Å². The Hall–Kier alpha value is -1.87. The van der Waals surface area contributed by atoms with Gasteiger partial charge >= 0.3 is 0 Å².